The van der Waals surface area contributed by atoms with Gasteiger partial charge in [0, 0.05) is 32.1 Å². The number of hydrogen-bond donors (Lipinski definition) is 1. The minimum absolute atomic E-state index is 0.175. The van der Waals surface area contributed by atoms with Crippen LogP contribution in [0.4, 0.5) is 0 Å². The Labute approximate surface area is 129 Å². The lowest BCUT2D eigenvalue weighted by Gasteiger charge is -2.20. The van der Waals surface area contributed by atoms with Crippen molar-refractivity contribution in [2.75, 3.05) is 0 Å². The van der Waals surface area contributed by atoms with Gasteiger partial charge in [0.25, 0.3) is 5.56 Å². The molecule has 2 aromatic heterocycles. The molecule has 0 atom stereocenters. The number of hydrogen-bond acceptors (Lipinski definition) is 4. The number of aryl methyl sites for hydroxylation is 3. The fourth-order valence-corrected chi connectivity index (χ4v) is 2.69. The summed E-state index contributed by atoms with van der Waals surface area (Å²) in [4.78, 5) is 29.9. The fraction of sp³-hybridized carbons (Fsp3) is 0.667. The van der Waals surface area contributed by atoms with E-state index in [-0.39, 0.29) is 17.8 Å². The van der Waals surface area contributed by atoms with Gasteiger partial charge in [-0.15, -0.1) is 0 Å². The molecule has 0 spiro atoms. The molecule has 0 aromatic carbocycles. The summed E-state index contributed by atoms with van der Waals surface area (Å²) < 4.78 is 4.57. The SMILES string of the molecule is CCCc1nc2c(c(=O)n(CC(C)(C)N)c(=O)n2CC)n1C. The molecule has 2 aromatic rings. The lowest BCUT2D eigenvalue weighted by atomic mass is 10.1. The molecular formula is C15H25N5O2. The Morgan fingerprint density at radius 2 is 1.82 bits per heavy atom. The summed E-state index contributed by atoms with van der Waals surface area (Å²) in [5.41, 5.74) is 5.62. The van der Waals surface area contributed by atoms with Gasteiger partial charge in [-0.25, -0.2) is 9.78 Å². The van der Waals surface area contributed by atoms with E-state index in [1.54, 1.807) is 23.0 Å². The van der Waals surface area contributed by atoms with Crippen LogP contribution in [-0.4, -0.2) is 24.2 Å². The quantitative estimate of drug-likeness (QED) is 0.876. The van der Waals surface area contributed by atoms with Crippen LogP contribution in [0.3, 0.4) is 0 Å². The van der Waals surface area contributed by atoms with Crippen molar-refractivity contribution in [2.45, 2.75) is 59.2 Å². The van der Waals surface area contributed by atoms with Crippen molar-refractivity contribution >= 4 is 11.2 Å². The van der Waals surface area contributed by atoms with Crippen LogP contribution >= 0.6 is 0 Å². The summed E-state index contributed by atoms with van der Waals surface area (Å²) in [6.45, 7) is 8.16. The van der Waals surface area contributed by atoms with E-state index in [1.807, 2.05) is 14.0 Å². The molecule has 7 nitrogen and oxygen atoms in total. The molecule has 0 radical (unpaired) electrons. The van der Waals surface area contributed by atoms with E-state index >= 15 is 0 Å². The van der Waals surface area contributed by atoms with Crippen LogP contribution in [0.15, 0.2) is 9.59 Å². The van der Waals surface area contributed by atoms with Crippen LogP contribution < -0.4 is 17.0 Å². The van der Waals surface area contributed by atoms with E-state index in [1.165, 1.54) is 4.57 Å². The third kappa shape index (κ3) is 2.72. The van der Waals surface area contributed by atoms with Gasteiger partial charge in [-0.2, -0.15) is 0 Å². The summed E-state index contributed by atoms with van der Waals surface area (Å²) in [6.07, 6.45) is 1.70. The zero-order chi connectivity index (χ0) is 16.7. The highest BCUT2D eigenvalue weighted by Gasteiger charge is 2.22. The standard InChI is InChI=1S/C15H25N5O2/c1-6-8-10-17-12-11(18(10)5)13(21)20(9-15(3,4)16)14(22)19(12)7-2/h6-9,16H2,1-5H3. The second kappa shape index (κ2) is 5.72. The fourth-order valence-electron chi connectivity index (χ4n) is 2.69. The second-order valence-corrected chi connectivity index (χ2v) is 6.42. The van der Waals surface area contributed by atoms with Crippen LogP contribution in [0.5, 0.6) is 0 Å². The van der Waals surface area contributed by atoms with Crippen molar-refractivity contribution in [1.29, 1.82) is 0 Å². The molecule has 0 bridgehead atoms. The Hall–Kier alpha value is -1.89. The van der Waals surface area contributed by atoms with E-state index in [9.17, 15) is 9.59 Å². The van der Waals surface area contributed by atoms with Gasteiger partial charge in [-0.1, -0.05) is 6.92 Å². The highest BCUT2D eigenvalue weighted by molar-refractivity contribution is 5.71. The van der Waals surface area contributed by atoms with Crippen molar-refractivity contribution in [2.24, 2.45) is 12.8 Å². The number of nitrogens with zero attached hydrogens (tertiary/aromatic N) is 4. The van der Waals surface area contributed by atoms with Gasteiger partial charge in [0.2, 0.25) is 0 Å². The molecule has 0 unspecified atom stereocenters. The number of fused-ring (bicyclic) bond motifs is 1. The smallest absolute Gasteiger partial charge is 0.325 e. The maximum atomic E-state index is 12.8. The van der Waals surface area contributed by atoms with Gasteiger partial charge in [-0.3, -0.25) is 13.9 Å². The lowest BCUT2D eigenvalue weighted by Crippen LogP contribution is -2.48. The first-order valence-electron chi connectivity index (χ1n) is 7.69. The van der Waals surface area contributed by atoms with Crippen molar-refractivity contribution in [3.63, 3.8) is 0 Å². The predicted molar refractivity (Wildman–Crippen MR) is 87.2 cm³/mol. The molecule has 122 valence electrons. The Kier molecular flexibility index (Phi) is 4.28. The Morgan fingerprint density at radius 1 is 1.18 bits per heavy atom. The number of nitrogens with two attached hydrogens (primary N) is 1. The van der Waals surface area contributed by atoms with Gasteiger partial charge in [0.1, 0.15) is 5.82 Å². The largest absolute Gasteiger partial charge is 0.332 e. The van der Waals surface area contributed by atoms with E-state index < -0.39 is 5.54 Å². The van der Waals surface area contributed by atoms with Crippen LogP contribution in [0.1, 0.15) is 39.9 Å². The molecule has 7 heteroatoms. The summed E-state index contributed by atoms with van der Waals surface area (Å²) in [5, 5.41) is 0. The minimum Gasteiger partial charge on any atom is -0.325 e. The molecule has 2 N–H and O–H groups in total. The number of rotatable bonds is 5. The summed E-state index contributed by atoms with van der Waals surface area (Å²) in [6, 6.07) is 0. The van der Waals surface area contributed by atoms with Crippen molar-refractivity contribution < 1.29 is 0 Å². The van der Waals surface area contributed by atoms with Crippen molar-refractivity contribution in [3.05, 3.63) is 26.7 Å². The van der Waals surface area contributed by atoms with E-state index in [0.29, 0.717) is 17.7 Å². The van der Waals surface area contributed by atoms with Crippen molar-refractivity contribution in [1.82, 2.24) is 18.7 Å². The number of aromatic nitrogens is 4. The van der Waals surface area contributed by atoms with E-state index in [2.05, 4.69) is 11.9 Å². The van der Waals surface area contributed by atoms with Gasteiger partial charge < -0.3 is 10.3 Å². The zero-order valence-electron chi connectivity index (χ0n) is 14.0. The first kappa shape index (κ1) is 16.5. The monoisotopic (exact) mass is 307 g/mol. The maximum Gasteiger partial charge on any atom is 0.332 e. The Balaban J connectivity index is 2.87. The molecule has 22 heavy (non-hydrogen) atoms. The summed E-state index contributed by atoms with van der Waals surface area (Å²) in [5.74, 6) is 0.820. The molecule has 0 aliphatic heterocycles. The van der Waals surface area contributed by atoms with Gasteiger partial charge in [0.05, 0.1) is 0 Å². The molecular weight excluding hydrogens is 282 g/mol. The van der Waals surface area contributed by atoms with Gasteiger partial charge >= 0.3 is 5.69 Å². The number of imidazole rings is 1. The van der Waals surface area contributed by atoms with Crippen LogP contribution in [0, 0.1) is 0 Å². The van der Waals surface area contributed by atoms with Gasteiger partial charge in [0.15, 0.2) is 11.2 Å². The topological polar surface area (TPSA) is 87.8 Å². The Bertz CT molecular complexity index is 804. The van der Waals surface area contributed by atoms with E-state index in [4.69, 9.17) is 5.73 Å². The molecule has 0 amide bonds. The second-order valence-electron chi connectivity index (χ2n) is 6.42. The molecule has 0 saturated heterocycles. The average Bonchev–Trinajstić information content (AvgIpc) is 2.72. The first-order valence-corrected chi connectivity index (χ1v) is 7.69. The maximum absolute atomic E-state index is 12.8. The summed E-state index contributed by atoms with van der Waals surface area (Å²) >= 11 is 0. The molecule has 2 heterocycles. The highest BCUT2D eigenvalue weighted by atomic mass is 16.2. The third-order valence-electron chi connectivity index (χ3n) is 3.69. The third-order valence-corrected chi connectivity index (χ3v) is 3.69. The molecule has 0 aliphatic carbocycles. The molecule has 2 rings (SSSR count). The average molecular weight is 307 g/mol. The predicted octanol–water partition coefficient (Wildman–Crippen LogP) is 0.606. The first-order chi connectivity index (χ1) is 10.2. The molecule has 0 fully saturated rings. The lowest BCUT2D eigenvalue weighted by molar-refractivity contribution is 0.408. The highest BCUT2D eigenvalue weighted by Crippen LogP contribution is 2.12. The van der Waals surface area contributed by atoms with E-state index in [0.717, 1.165) is 18.7 Å². The summed E-state index contributed by atoms with van der Waals surface area (Å²) in [7, 11) is 1.82. The minimum atomic E-state index is -0.646. The Morgan fingerprint density at radius 3 is 2.32 bits per heavy atom. The van der Waals surface area contributed by atoms with Crippen LogP contribution in [0.2, 0.25) is 0 Å². The van der Waals surface area contributed by atoms with Crippen molar-refractivity contribution in [3.8, 4) is 0 Å². The zero-order valence-corrected chi connectivity index (χ0v) is 14.0. The molecule has 0 aliphatic rings. The van der Waals surface area contributed by atoms with Crippen LogP contribution in [0.25, 0.3) is 11.2 Å². The van der Waals surface area contributed by atoms with Gasteiger partial charge in [-0.05, 0) is 27.2 Å². The normalized spacial score (nSPS) is 12.3. The van der Waals surface area contributed by atoms with Crippen LogP contribution in [-0.2, 0) is 26.6 Å². The molecule has 0 saturated carbocycles.